The Balaban J connectivity index is 1.80. The first-order valence-corrected chi connectivity index (χ1v) is 10.6. The van der Waals surface area contributed by atoms with Crippen molar-refractivity contribution in [1.29, 1.82) is 0 Å². The molecule has 2 aromatic heterocycles. The molecule has 4 nitrogen and oxygen atoms in total. The molecule has 1 aliphatic heterocycles. The average molecular weight is 383 g/mol. The lowest BCUT2D eigenvalue weighted by Crippen LogP contribution is -2.35. The number of hydrogen-bond donors (Lipinski definition) is 1. The highest BCUT2D eigenvalue weighted by atomic mass is 32.1. The summed E-state index contributed by atoms with van der Waals surface area (Å²) in [6.45, 7) is 8.98. The molecule has 0 unspecified atom stereocenters. The van der Waals surface area contributed by atoms with E-state index in [0.29, 0.717) is 12.1 Å². The lowest BCUT2D eigenvalue weighted by Gasteiger charge is -2.31. The van der Waals surface area contributed by atoms with Crippen LogP contribution >= 0.6 is 12.2 Å². The van der Waals surface area contributed by atoms with Crippen LogP contribution in [-0.4, -0.2) is 25.6 Å². The van der Waals surface area contributed by atoms with Gasteiger partial charge in [-0.1, -0.05) is 18.9 Å². The van der Waals surface area contributed by atoms with Crippen molar-refractivity contribution in [1.82, 2.24) is 19.8 Å². The molecule has 2 aliphatic rings. The second-order valence-electron chi connectivity index (χ2n) is 8.26. The number of nitrogens with zero attached hydrogens (tertiary/aromatic N) is 3. The van der Waals surface area contributed by atoms with E-state index in [9.17, 15) is 0 Å². The van der Waals surface area contributed by atoms with Gasteiger partial charge in [0.2, 0.25) is 0 Å². The molecule has 5 heteroatoms. The van der Waals surface area contributed by atoms with Crippen molar-refractivity contribution in [3.8, 4) is 0 Å². The fourth-order valence-corrected chi connectivity index (χ4v) is 5.53. The molecule has 27 heavy (non-hydrogen) atoms. The van der Waals surface area contributed by atoms with E-state index in [0.717, 1.165) is 10.8 Å². The van der Waals surface area contributed by atoms with E-state index in [2.05, 4.69) is 65.7 Å². The van der Waals surface area contributed by atoms with Crippen molar-refractivity contribution in [3.63, 3.8) is 0 Å². The maximum Gasteiger partial charge on any atom is 0.170 e. The standard InChI is InChI=1S/C22H30N4S/c1-14(2)25-21(20(24-22(25)27)19-11-7-8-12-23-19)18-13-15(3)26(16(18)4)17-9-5-6-10-17/h7-8,11-14,17,20-21H,5-6,9-10H2,1-4H3,(H,24,27)/t20-,21+/m1/s1. The van der Waals surface area contributed by atoms with Crippen LogP contribution in [0, 0.1) is 13.8 Å². The third-order valence-electron chi connectivity index (χ3n) is 6.22. The summed E-state index contributed by atoms with van der Waals surface area (Å²) in [6.07, 6.45) is 7.17. The van der Waals surface area contributed by atoms with E-state index in [-0.39, 0.29) is 12.1 Å². The fraction of sp³-hybridized carbons (Fsp3) is 0.545. The van der Waals surface area contributed by atoms with E-state index in [1.165, 1.54) is 42.6 Å². The van der Waals surface area contributed by atoms with Gasteiger partial charge < -0.3 is 14.8 Å². The minimum atomic E-state index is 0.0821. The van der Waals surface area contributed by atoms with Crippen LogP contribution in [-0.2, 0) is 0 Å². The monoisotopic (exact) mass is 382 g/mol. The fourth-order valence-electron chi connectivity index (χ4n) is 5.08. The zero-order valence-electron chi connectivity index (χ0n) is 16.8. The molecule has 0 spiro atoms. The Bertz CT molecular complexity index is 820. The summed E-state index contributed by atoms with van der Waals surface area (Å²) in [6, 6.07) is 9.76. The lowest BCUT2D eigenvalue weighted by atomic mass is 9.96. The molecule has 0 aromatic carbocycles. The third kappa shape index (κ3) is 3.16. The molecule has 1 aliphatic carbocycles. The molecule has 2 aromatic rings. The molecule has 1 saturated carbocycles. The number of thiocarbonyl (C=S) groups is 1. The van der Waals surface area contributed by atoms with Crippen molar-refractivity contribution in [3.05, 3.63) is 53.1 Å². The van der Waals surface area contributed by atoms with E-state index in [1.807, 2.05) is 12.3 Å². The first-order chi connectivity index (χ1) is 13.0. The van der Waals surface area contributed by atoms with Gasteiger partial charge >= 0.3 is 0 Å². The van der Waals surface area contributed by atoms with Gasteiger partial charge in [-0.25, -0.2) is 0 Å². The maximum absolute atomic E-state index is 5.74. The summed E-state index contributed by atoms with van der Waals surface area (Å²) >= 11 is 5.74. The van der Waals surface area contributed by atoms with E-state index >= 15 is 0 Å². The van der Waals surface area contributed by atoms with Crippen molar-refractivity contribution >= 4 is 17.3 Å². The number of pyridine rings is 1. The Labute approximate surface area is 168 Å². The Morgan fingerprint density at radius 2 is 1.93 bits per heavy atom. The van der Waals surface area contributed by atoms with Crippen LogP contribution in [0.4, 0.5) is 0 Å². The summed E-state index contributed by atoms with van der Waals surface area (Å²) < 4.78 is 2.58. The Morgan fingerprint density at radius 3 is 2.56 bits per heavy atom. The molecular formula is C22H30N4S. The summed E-state index contributed by atoms with van der Waals surface area (Å²) in [5, 5.41) is 4.39. The van der Waals surface area contributed by atoms with E-state index in [4.69, 9.17) is 12.2 Å². The molecule has 4 rings (SSSR count). The topological polar surface area (TPSA) is 33.1 Å². The smallest absolute Gasteiger partial charge is 0.170 e. The minimum Gasteiger partial charge on any atom is -0.352 e. The number of hydrogen-bond acceptors (Lipinski definition) is 2. The molecule has 0 radical (unpaired) electrons. The van der Waals surface area contributed by atoms with Crippen molar-refractivity contribution < 1.29 is 0 Å². The van der Waals surface area contributed by atoms with Crippen LogP contribution in [0.15, 0.2) is 30.5 Å². The number of aromatic nitrogens is 2. The van der Waals surface area contributed by atoms with E-state index < -0.39 is 0 Å². The van der Waals surface area contributed by atoms with Gasteiger partial charge in [-0.15, -0.1) is 0 Å². The average Bonchev–Trinajstić information content (AvgIpc) is 3.34. The number of nitrogens with one attached hydrogen (secondary N) is 1. The summed E-state index contributed by atoms with van der Waals surface area (Å²) in [4.78, 5) is 7.00. The highest BCUT2D eigenvalue weighted by molar-refractivity contribution is 7.80. The predicted molar refractivity (Wildman–Crippen MR) is 114 cm³/mol. The second kappa shape index (κ2) is 7.27. The molecule has 3 heterocycles. The van der Waals surface area contributed by atoms with Gasteiger partial charge in [-0.05, 0) is 76.5 Å². The maximum atomic E-state index is 5.74. The molecule has 0 bridgehead atoms. The largest absolute Gasteiger partial charge is 0.352 e. The van der Waals surface area contributed by atoms with Crippen molar-refractivity contribution in [2.75, 3.05) is 0 Å². The second-order valence-corrected chi connectivity index (χ2v) is 8.65. The van der Waals surface area contributed by atoms with Crippen molar-refractivity contribution in [2.45, 2.75) is 77.5 Å². The molecular weight excluding hydrogens is 352 g/mol. The van der Waals surface area contributed by atoms with Crippen LogP contribution in [0.5, 0.6) is 0 Å². The molecule has 0 amide bonds. The van der Waals surface area contributed by atoms with Gasteiger partial charge in [0.25, 0.3) is 0 Å². The van der Waals surface area contributed by atoms with Gasteiger partial charge in [0.05, 0.1) is 17.8 Å². The summed E-state index contributed by atoms with van der Waals surface area (Å²) in [5.74, 6) is 0. The van der Waals surface area contributed by atoms with Crippen LogP contribution in [0.25, 0.3) is 0 Å². The molecule has 1 saturated heterocycles. The summed E-state index contributed by atoms with van der Waals surface area (Å²) in [7, 11) is 0. The Morgan fingerprint density at radius 1 is 1.19 bits per heavy atom. The SMILES string of the molecule is Cc1cc([C@H]2[C@@H](c3ccccn3)NC(=S)N2C(C)C)c(C)n1C1CCCC1. The number of rotatable bonds is 4. The first-order valence-electron chi connectivity index (χ1n) is 10.2. The zero-order valence-corrected chi connectivity index (χ0v) is 17.6. The normalized spacial score (nSPS) is 23.4. The molecule has 1 N–H and O–H groups in total. The van der Waals surface area contributed by atoms with Gasteiger partial charge in [-0.3, -0.25) is 4.98 Å². The number of aryl methyl sites for hydroxylation is 1. The molecule has 2 fully saturated rings. The van der Waals surface area contributed by atoms with Gasteiger partial charge in [0, 0.05) is 29.7 Å². The Hall–Kier alpha value is -1.88. The zero-order chi connectivity index (χ0) is 19.1. The minimum absolute atomic E-state index is 0.0821. The Kier molecular flexibility index (Phi) is 4.97. The lowest BCUT2D eigenvalue weighted by molar-refractivity contribution is 0.268. The van der Waals surface area contributed by atoms with Crippen LogP contribution < -0.4 is 5.32 Å². The van der Waals surface area contributed by atoms with Crippen molar-refractivity contribution in [2.24, 2.45) is 0 Å². The molecule has 144 valence electrons. The van der Waals surface area contributed by atoms with Crippen LogP contribution in [0.1, 0.15) is 80.3 Å². The van der Waals surface area contributed by atoms with Gasteiger partial charge in [-0.2, -0.15) is 0 Å². The van der Waals surface area contributed by atoms with E-state index in [1.54, 1.807) is 0 Å². The quantitative estimate of drug-likeness (QED) is 0.755. The third-order valence-corrected chi connectivity index (χ3v) is 6.55. The van der Waals surface area contributed by atoms with Gasteiger partial charge in [0.1, 0.15) is 0 Å². The first kappa shape index (κ1) is 18.5. The summed E-state index contributed by atoms with van der Waals surface area (Å²) in [5.41, 5.74) is 5.20. The molecule has 2 atom stereocenters. The highest BCUT2D eigenvalue weighted by Crippen LogP contribution is 2.43. The highest BCUT2D eigenvalue weighted by Gasteiger charge is 2.42. The predicted octanol–water partition coefficient (Wildman–Crippen LogP) is 5.00. The van der Waals surface area contributed by atoms with Gasteiger partial charge in [0.15, 0.2) is 5.11 Å². The van der Waals surface area contributed by atoms with Crippen LogP contribution in [0.2, 0.25) is 0 Å². The van der Waals surface area contributed by atoms with Crippen LogP contribution in [0.3, 0.4) is 0 Å².